The predicted octanol–water partition coefficient (Wildman–Crippen LogP) is 3.11. The van der Waals surface area contributed by atoms with E-state index in [4.69, 9.17) is 4.74 Å². The second-order valence-electron chi connectivity index (χ2n) is 6.15. The largest absolute Gasteiger partial charge is 0.378 e. The molecule has 0 bridgehead atoms. The maximum atomic E-state index is 5.95. The zero-order chi connectivity index (χ0) is 11.5. The van der Waals surface area contributed by atoms with Crippen LogP contribution < -0.4 is 5.32 Å². The lowest BCUT2D eigenvalue weighted by Gasteiger charge is -2.46. The van der Waals surface area contributed by atoms with Gasteiger partial charge in [0, 0.05) is 17.7 Å². The Morgan fingerprint density at radius 2 is 1.67 bits per heavy atom. The van der Waals surface area contributed by atoms with E-state index in [1.165, 1.54) is 12.8 Å². The summed E-state index contributed by atoms with van der Waals surface area (Å²) in [7, 11) is 0. The van der Waals surface area contributed by atoms with Gasteiger partial charge in [0.25, 0.3) is 0 Å². The lowest BCUT2D eigenvalue weighted by molar-refractivity contribution is -0.0224. The highest BCUT2D eigenvalue weighted by molar-refractivity contribution is 4.97. The molecule has 1 aliphatic rings. The van der Waals surface area contributed by atoms with Gasteiger partial charge in [-0.3, -0.25) is 0 Å². The van der Waals surface area contributed by atoms with Crippen molar-refractivity contribution in [2.75, 3.05) is 6.61 Å². The Hall–Kier alpha value is -0.0800. The summed E-state index contributed by atoms with van der Waals surface area (Å²) in [5.74, 6) is 0. The van der Waals surface area contributed by atoms with Gasteiger partial charge in [-0.05, 0) is 47.0 Å². The fraction of sp³-hybridized carbons (Fsp3) is 1.00. The molecule has 90 valence electrons. The van der Waals surface area contributed by atoms with Crippen molar-refractivity contribution in [2.24, 2.45) is 0 Å². The zero-order valence-electron chi connectivity index (χ0n) is 11.0. The summed E-state index contributed by atoms with van der Waals surface area (Å²) in [4.78, 5) is 0. The lowest BCUT2D eigenvalue weighted by atomic mass is 9.81. The van der Waals surface area contributed by atoms with E-state index in [1.54, 1.807) is 0 Å². The van der Waals surface area contributed by atoms with Gasteiger partial charge in [-0.15, -0.1) is 0 Å². The smallest absolute Gasteiger partial charge is 0.0609 e. The van der Waals surface area contributed by atoms with E-state index in [-0.39, 0.29) is 11.1 Å². The number of hydrogen-bond acceptors (Lipinski definition) is 2. The summed E-state index contributed by atoms with van der Waals surface area (Å²) in [5.41, 5.74) is 0.414. The van der Waals surface area contributed by atoms with E-state index in [1.807, 2.05) is 0 Å². The van der Waals surface area contributed by atoms with Gasteiger partial charge in [0.2, 0.25) is 0 Å². The number of nitrogens with one attached hydrogen (secondary N) is 1. The van der Waals surface area contributed by atoms with E-state index < -0.39 is 0 Å². The van der Waals surface area contributed by atoms with Crippen molar-refractivity contribution in [1.29, 1.82) is 0 Å². The highest BCUT2D eigenvalue weighted by Gasteiger charge is 2.37. The molecule has 0 unspecified atom stereocenters. The Morgan fingerprint density at radius 3 is 2.13 bits per heavy atom. The molecule has 0 spiro atoms. The van der Waals surface area contributed by atoms with E-state index in [0.29, 0.717) is 6.10 Å². The molecule has 15 heavy (non-hydrogen) atoms. The molecule has 0 amide bonds. The third-order valence-corrected chi connectivity index (χ3v) is 3.00. The Balaban J connectivity index is 2.44. The fourth-order valence-electron chi connectivity index (χ4n) is 2.74. The molecular formula is C13H27NO. The van der Waals surface area contributed by atoms with Gasteiger partial charge in [0.1, 0.15) is 0 Å². The number of hydrogen-bond donors (Lipinski definition) is 1. The van der Waals surface area contributed by atoms with Crippen molar-refractivity contribution in [3.8, 4) is 0 Å². The number of rotatable bonds is 4. The van der Waals surface area contributed by atoms with Gasteiger partial charge in [-0.25, -0.2) is 0 Å². The van der Waals surface area contributed by atoms with Gasteiger partial charge >= 0.3 is 0 Å². The molecule has 1 saturated heterocycles. The van der Waals surface area contributed by atoms with Crippen LogP contribution in [-0.4, -0.2) is 23.8 Å². The van der Waals surface area contributed by atoms with E-state index in [2.05, 4.69) is 39.9 Å². The molecule has 1 heterocycles. The minimum atomic E-state index is 0.207. The van der Waals surface area contributed by atoms with Crippen LogP contribution in [0.4, 0.5) is 0 Å². The van der Waals surface area contributed by atoms with Crippen molar-refractivity contribution >= 4 is 0 Å². The molecule has 0 aromatic carbocycles. The predicted molar refractivity (Wildman–Crippen MR) is 65.2 cm³/mol. The normalized spacial score (nSPS) is 25.4. The average Bonchev–Trinajstić information content (AvgIpc) is 1.98. The van der Waals surface area contributed by atoms with Crippen LogP contribution in [0.2, 0.25) is 0 Å². The molecule has 0 saturated carbocycles. The molecule has 0 aromatic rings. The first-order valence-corrected chi connectivity index (χ1v) is 6.26. The van der Waals surface area contributed by atoms with Crippen LogP contribution >= 0.6 is 0 Å². The number of piperidine rings is 1. The van der Waals surface area contributed by atoms with Crippen molar-refractivity contribution in [3.63, 3.8) is 0 Å². The van der Waals surface area contributed by atoms with Crippen LogP contribution in [-0.2, 0) is 4.74 Å². The van der Waals surface area contributed by atoms with Crippen LogP contribution in [0.3, 0.4) is 0 Å². The quantitative estimate of drug-likeness (QED) is 0.725. The first kappa shape index (κ1) is 13.0. The zero-order valence-corrected chi connectivity index (χ0v) is 11.0. The molecule has 0 radical (unpaired) electrons. The summed E-state index contributed by atoms with van der Waals surface area (Å²) in [6, 6.07) is 0. The number of unbranched alkanes of at least 4 members (excludes halogenated alkanes) is 1. The second kappa shape index (κ2) is 4.84. The van der Waals surface area contributed by atoms with E-state index in [0.717, 1.165) is 19.4 Å². The van der Waals surface area contributed by atoms with Gasteiger partial charge < -0.3 is 10.1 Å². The Kier molecular flexibility index (Phi) is 4.19. The van der Waals surface area contributed by atoms with Crippen LogP contribution in [0.15, 0.2) is 0 Å². The molecule has 1 aliphatic heterocycles. The van der Waals surface area contributed by atoms with Gasteiger partial charge in [0.05, 0.1) is 6.10 Å². The van der Waals surface area contributed by atoms with Crippen LogP contribution in [0.1, 0.15) is 60.3 Å². The highest BCUT2D eigenvalue weighted by atomic mass is 16.5. The monoisotopic (exact) mass is 213 g/mol. The van der Waals surface area contributed by atoms with Gasteiger partial charge in [-0.2, -0.15) is 0 Å². The van der Waals surface area contributed by atoms with Crippen molar-refractivity contribution < 1.29 is 4.74 Å². The van der Waals surface area contributed by atoms with Crippen LogP contribution in [0.25, 0.3) is 0 Å². The summed E-state index contributed by atoms with van der Waals surface area (Å²) >= 11 is 0. The summed E-state index contributed by atoms with van der Waals surface area (Å²) in [5, 5.41) is 3.67. The first-order valence-electron chi connectivity index (χ1n) is 6.26. The van der Waals surface area contributed by atoms with Gasteiger partial charge in [0.15, 0.2) is 0 Å². The minimum Gasteiger partial charge on any atom is -0.378 e. The maximum Gasteiger partial charge on any atom is 0.0609 e. The lowest BCUT2D eigenvalue weighted by Crippen LogP contribution is -2.59. The van der Waals surface area contributed by atoms with Crippen LogP contribution in [0, 0.1) is 0 Å². The Labute approximate surface area is 94.8 Å². The molecule has 0 atom stereocenters. The second-order valence-corrected chi connectivity index (χ2v) is 6.15. The number of ether oxygens (including phenoxy) is 1. The fourth-order valence-corrected chi connectivity index (χ4v) is 2.74. The van der Waals surface area contributed by atoms with E-state index >= 15 is 0 Å². The maximum absolute atomic E-state index is 5.95. The van der Waals surface area contributed by atoms with Crippen molar-refractivity contribution in [2.45, 2.75) is 77.5 Å². The molecule has 1 rings (SSSR count). The first-order chi connectivity index (χ1) is 6.85. The highest BCUT2D eigenvalue weighted by Crippen LogP contribution is 2.30. The Morgan fingerprint density at radius 1 is 1.13 bits per heavy atom. The summed E-state index contributed by atoms with van der Waals surface area (Å²) in [6.07, 6.45) is 5.09. The average molecular weight is 213 g/mol. The molecule has 0 aromatic heterocycles. The topological polar surface area (TPSA) is 21.3 Å². The van der Waals surface area contributed by atoms with Crippen LogP contribution in [0.5, 0.6) is 0 Å². The third-order valence-electron chi connectivity index (χ3n) is 3.00. The van der Waals surface area contributed by atoms with Crippen molar-refractivity contribution in [3.05, 3.63) is 0 Å². The molecular weight excluding hydrogens is 186 g/mol. The SMILES string of the molecule is CCCCOC1CC(C)(C)NC(C)(C)C1. The molecule has 1 fully saturated rings. The standard InChI is InChI=1S/C13H27NO/c1-6-7-8-15-11-9-12(2,3)14-13(4,5)10-11/h11,14H,6-10H2,1-5H3. The Bertz CT molecular complexity index is 183. The van der Waals surface area contributed by atoms with Crippen molar-refractivity contribution in [1.82, 2.24) is 5.32 Å². The minimum absolute atomic E-state index is 0.207. The third kappa shape index (κ3) is 4.52. The summed E-state index contributed by atoms with van der Waals surface area (Å²) in [6.45, 7) is 12.2. The molecule has 2 nitrogen and oxygen atoms in total. The molecule has 1 N–H and O–H groups in total. The molecule has 0 aliphatic carbocycles. The van der Waals surface area contributed by atoms with E-state index in [9.17, 15) is 0 Å². The van der Waals surface area contributed by atoms with Gasteiger partial charge in [-0.1, -0.05) is 13.3 Å². The molecule has 2 heteroatoms. The summed E-state index contributed by atoms with van der Waals surface area (Å²) < 4.78 is 5.95.